The van der Waals surface area contributed by atoms with Crippen molar-refractivity contribution in [3.05, 3.63) is 36.5 Å². The van der Waals surface area contributed by atoms with Gasteiger partial charge in [-0.1, -0.05) is 30.9 Å². The van der Waals surface area contributed by atoms with E-state index in [4.69, 9.17) is 5.73 Å². The second-order valence-electron chi connectivity index (χ2n) is 1.95. The van der Waals surface area contributed by atoms with E-state index < -0.39 is 0 Å². The Bertz CT molecular complexity index is 188. The predicted molar refractivity (Wildman–Crippen MR) is 50.6 cm³/mol. The molecule has 0 heterocycles. The van der Waals surface area contributed by atoms with Crippen molar-refractivity contribution in [2.45, 2.75) is 6.92 Å². The molecule has 0 amide bonds. The first-order valence-corrected chi connectivity index (χ1v) is 3.49. The SMILES string of the molecule is C=C/C=C\C(=C/C)CN=CN. The number of allylic oxidation sites excluding steroid dienone is 3. The van der Waals surface area contributed by atoms with Crippen molar-refractivity contribution >= 4 is 6.34 Å². The van der Waals surface area contributed by atoms with Gasteiger partial charge >= 0.3 is 0 Å². The quantitative estimate of drug-likeness (QED) is 0.369. The lowest BCUT2D eigenvalue weighted by molar-refractivity contribution is 1.18. The molecule has 11 heavy (non-hydrogen) atoms. The van der Waals surface area contributed by atoms with Crippen molar-refractivity contribution < 1.29 is 0 Å². The molecular weight excluding hydrogens is 136 g/mol. The predicted octanol–water partition coefficient (Wildman–Crippen LogP) is 1.66. The van der Waals surface area contributed by atoms with Crippen LogP contribution in [0, 0.1) is 0 Å². The summed E-state index contributed by atoms with van der Waals surface area (Å²) in [4.78, 5) is 3.89. The fraction of sp³-hybridized carbons (Fsp3) is 0.222. The van der Waals surface area contributed by atoms with Crippen molar-refractivity contribution in [3.63, 3.8) is 0 Å². The molecule has 2 nitrogen and oxygen atoms in total. The number of rotatable bonds is 4. The highest BCUT2D eigenvalue weighted by Crippen LogP contribution is 1.96. The molecule has 0 radical (unpaired) electrons. The molecule has 0 saturated heterocycles. The highest BCUT2D eigenvalue weighted by Gasteiger charge is 1.84. The fourth-order valence-electron chi connectivity index (χ4n) is 0.590. The molecule has 0 aromatic heterocycles. The van der Waals surface area contributed by atoms with E-state index in [9.17, 15) is 0 Å². The summed E-state index contributed by atoms with van der Waals surface area (Å²) in [6, 6.07) is 0. The zero-order chi connectivity index (χ0) is 8.53. The number of hydrogen-bond acceptors (Lipinski definition) is 1. The second kappa shape index (κ2) is 6.81. The standard InChI is InChI=1S/C9H14N2/c1-3-5-6-9(4-2)7-11-8-10/h3-6,8H,1,7H2,2H3,(H2,10,11)/b6-5-,9-4+. The summed E-state index contributed by atoms with van der Waals surface area (Å²) in [5, 5.41) is 0. The van der Waals surface area contributed by atoms with E-state index in [0.29, 0.717) is 6.54 Å². The van der Waals surface area contributed by atoms with E-state index >= 15 is 0 Å². The van der Waals surface area contributed by atoms with Crippen LogP contribution in [-0.2, 0) is 0 Å². The highest BCUT2D eigenvalue weighted by molar-refractivity contribution is 5.51. The zero-order valence-electron chi connectivity index (χ0n) is 6.83. The van der Waals surface area contributed by atoms with E-state index in [1.54, 1.807) is 6.08 Å². The lowest BCUT2D eigenvalue weighted by Gasteiger charge is -1.92. The summed E-state index contributed by atoms with van der Waals surface area (Å²) in [5.74, 6) is 0. The average Bonchev–Trinajstić information content (AvgIpc) is 2.05. The van der Waals surface area contributed by atoms with Gasteiger partial charge in [-0.2, -0.15) is 0 Å². The van der Waals surface area contributed by atoms with Gasteiger partial charge in [0.2, 0.25) is 0 Å². The fourth-order valence-corrected chi connectivity index (χ4v) is 0.590. The van der Waals surface area contributed by atoms with Crippen LogP contribution in [0.2, 0.25) is 0 Å². The molecule has 0 rings (SSSR count). The lowest BCUT2D eigenvalue weighted by Crippen LogP contribution is -1.92. The molecule has 60 valence electrons. The van der Waals surface area contributed by atoms with Gasteiger partial charge < -0.3 is 5.73 Å². The third-order valence-corrected chi connectivity index (χ3v) is 1.20. The number of nitrogens with two attached hydrogens (primary N) is 1. The maximum atomic E-state index is 5.10. The van der Waals surface area contributed by atoms with Gasteiger partial charge in [-0.3, -0.25) is 4.99 Å². The number of nitrogens with zero attached hydrogens (tertiary/aromatic N) is 1. The van der Waals surface area contributed by atoms with Gasteiger partial charge in [0.05, 0.1) is 12.9 Å². The van der Waals surface area contributed by atoms with E-state index in [-0.39, 0.29) is 0 Å². The molecule has 0 aliphatic carbocycles. The normalized spacial score (nSPS) is 13.0. The molecule has 0 atom stereocenters. The first kappa shape index (κ1) is 9.69. The van der Waals surface area contributed by atoms with Crippen LogP contribution < -0.4 is 5.73 Å². The van der Waals surface area contributed by atoms with Crippen LogP contribution >= 0.6 is 0 Å². The van der Waals surface area contributed by atoms with Gasteiger partial charge in [-0.15, -0.1) is 0 Å². The number of aliphatic imine (C=N–C) groups is 1. The summed E-state index contributed by atoms with van der Waals surface area (Å²) in [6.45, 7) is 6.17. The van der Waals surface area contributed by atoms with Gasteiger partial charge in [-0.05, 0) is 12.5 Å². The summed E-state index contributed by atoms with van der Waals surface area (Å²) in [6.07, 6.45) is 8.87. The largest absolute Gasteiger partial charge is 0.390 e. The summed E-state index contributed by atoms with van der Waals surface area (Å²) < 4.78 is 0. The van der Waals surface area contributed by atoms with Crippen LogP contribution in [0.1, 0.15) is 6.92 Å². The Labute approximate surface area is 67.8 Å². The third-order valence-electron chi connectivity index (χ3n) is 1.20. The maximum Gasteiger partial charge on any atom is 0.0801 e. The van der Waals surface area contributed by atoms with E-state index in [1.165, 1.54) is 6.34 Å². The minimum atomic E-state index is 0.636. The average molecular weight is 150 g/mol. The molecule has 0 aromatic rings. The van der Waals surface area contributed by atoms with Gasteiger partial charge in [0.15, 0.2) is 0 Å². The van der Waals surface area contributed by atoms with Crippen molar-refractivity contribution in [2.75, 3.05) is 6.54 Å². The monoisotopic (exact) mass is 150 g/mol. The molecule has 0 unspecified atom stereocenters. The molecule has 2 heteroatoms. The van der Waals surface area contributed by atoms with Gasteiger partial charge in [-0.25, -0.2) is 0 Å². The molecule has 0 fully saturated rings. The van der Waals surface area contributed by atoms with Gasteiger partial charge in [0.1, 0.15) is 0 Å². The minimum Gasteiger partial charge on any atom is -0.390 e. The maximum absolute atomic E-state index is 5.10. The second-order valence-corrected chi connectivity index (χ2v) is 1.95. The summed E-state index contributed by atoms with van der Waals surface area (Å²) in [5.41, 5.74) is 6.23. The Hall–Kier alpha value is -1.31. The third kappa shape index (κ3) is 5.15. The lowest BCUT2D eigenvalue weighted by atomic mass is 10.2. The van der Waals surface area contributed by atoms with E-state index in [0.717, 1.165) is 5.57 Å². The van der Waals surface area contributed by atoms with Gasteiger partial charge in [0, 0.05) is 0 Å². The molecule has 0 saturated carbocycles. The Morgan fingerprint density at radius 3 is 2.82 bits per heavy atom. The minimum absolute atomic E-state index is 0.636. The molecule has 2 N–H and O–H groups in total. The Balaban J connectivity index is 3.97. The molecular formula is C9H14N2. The van der Waals surface area contributed by atoms with Crippen LogP contribution in [-0.4, -0.2) is 12.9 Å². The molecule has 0 bridgehead atoms. The highest BCUT2D eigenvalue weighted by atomic mass is 14.8. The zero-order valence-corrected chi connectivity index (χ0v) is 6.83. The number of hydrogen-bond donors (Lipinski definition) is 1. The van der Waals surface area contributed by atoms with Gasteiger partial charge in [0.25, 0.3) is 0 Å². The summed E-state index contributed by atoms with van der Waals surface area (Å²) in [7, 11) is 0. The first-order valence-electron chi connectivity index (χ1n) is 3.49. The Morgan fingerprint density at radius 1 is 1.64 bits per heavy atom. The van der Waals surface area contributed by atoms with E-state index in [2.05, 4.69) is 11.6 Å². The van der Waals surface area contributed by atoms with Crippen LogP contribution in [0.25, 0.3) is 0 Å². The van der Waals surface area contributed by atoms with Crippen molar-refractivity contribution in [1.82, 2.24) is 0 Å². The summed E-state index contributed by atoms with van der Waals surface area (Å²) >= 11 is 0. The van der Waals surface area contributed by atoms with Crippen LogP contribution in [0.4, 0.5) is 0 Å². The Morgan fingerprint density at radius 2 is 2.36 bits per heavy atom. The first-order chi connectivity index (χ1) is 5.35. The van der Waals surface area contributed by atoms with E-state index in [1.807, 2.05) is 25.2 Å². The van der Waals surface area contributed by atoms with Crippen molar-refractivity contribution in [2.24, 2.45) is 10.7 Å². The smallest absolute Gasteiger partial charge is 0.0801 e. The van der Waals surface area contributed by atoms with Crippen LogP contribution in [0.15, 0.2) is 41.4 Å². The van der Waals surface area contributed by atoms with Crippen LogP contribution in [0.5, 0.6) is 0 Å². The topological polar surface area (TPSA) is 38.4 Å². The van der Waals surface area contributed by atoms with Crippen molar-refractivity contribution in [1.29, 1.82) is 0 Å². The molecule has 0 aliphatic heterocycles. The van der Waals surface area contributed by atoms with Crippen LogP contribution in [0.3, 0.4) is 0 Å². The molecule has 0 aliphatic rings. The molecule has 0 aromatic carbocycles. The Kier molecular flexibility index (Phi) is 5.99. The molecule has 0 spiro atoms. The van der Waals surface area contributed by atoms with Crippen molar-refractivity contribution in [3.8, 4) is 0 Å².